The Hall–Kier alpha value is -3.80. The highest BCUT2D eigenvalue weighted by molar-refractivity contribution is 6.08. The number of carbonyl (C=O) groups excluding carboxylic acids is 1. The zero-order valence-corrected chi connectivity index (χ0v) is 15.1. The van der Waals surface area contributed by atoms with Crippen LogP contribution in [0, 0.1) is 0 Å². The van der Waals surface area contributed by atoms with Crippen molar-refractivity contribution in [3.63, 3.8) is 0 Å². The number of para-hydroxylation sites is 2. The monoisotopic (exact) mass is 373 g/mol. The fourth-order valence-electron chi connectivity index (χ4n) is 3.40. The lowest BCUT2D eigenvalue weighted by Crippen LogP contribution is -2.31. The minimum Gasteiger partial charge on any atom is -0.478 e. The highest BCUT2D eigenvalue weighted by Crippen LogP contribution is 2.28. The molecule has 4 aromatic rings. The summed E-state index contributed by atoms with van der Waals surface area (Å²) in [4.78, 5) is 23.0. The molecule has 4 rings (SSSR count). The molecule has 0 fully saturated rings. The van der Waals surface area contributed by atoms with Gasteiger partial charge in [-0.1, -0.05) is 36.4 Å². The molecule has 0 spiro atoms. The van der Waals surface area contributed by atoms with Gasteiger partial charge in [-0.25, -0.2) is 9.59 Å². The van der Waals surface area contributed by atoms with Gasteiger partial charge < -0.3 is 20.3 Å². The number of carboxylic acid groups (broad SMARTS) is 1. The summed E-state index contributed by atoms with van der Waals surface area (Å²) in [7, 11) is 0. The summed E-state index contributed by atoms with van der Waals surface area (Å²) in [5.74, 6) is -0.998. The third-order valence-corrected chi connectivity index (χ3v) is 4.69. The lowest BCUT2D eigenvalue weighted by atomic mass is 10.2. The molecule has 0 unspecified atom stereocenters. The van der Waals surface area contributed by atoms with Gasteiger partial charge in [-0.3, -0.25) is 0 Å². The van der Waals surface area contributed by atoms with Gasteiger partial charge in [0.25, 0.3) is 0 Å². The van der Waals surface area contributed by atoms with E-state index in [1.807, 2.05) is 24.3 Å². The molecule has 0 radical (unpaired) electrons. The highest BCUT2D eigenvalue weighted by atomic mass is 16.4. The first-order valence-electron chi connectivity index (χ1n) is 8.97. The van der Waals surface area contributed by atoms with E-state index in [2.05, 4.69) is 39.5 Å². The molecular weight excluding hydrogens is 354 g/mol. The largest absolute Gasteiger partial charge is 0.478 e. The molecule has 3 N–H and O–H groups in total. The molecule has 0 bridgehead atoms. The third-order valence-electron chi connectivity index (χ3n) is 4.69. The second-order valence-corrected chi connectivity index (χ2v) is 6.45. The molecule has 140 valence electrons. The Balaban J connectivity index is 1.43. The van der Waals surface area contributed by atoms with Crippen LogP contribution in [0.2, 0.25) is 0 Å². The lowest BCUT2D eigenvalue weighted by molar-refractivity contribution is 0.0697. The summed E-state index contributed by atoms with van der Waals surface area (Å²) in [6, 6.07) is 22.2. The maximum atomic E-state index is 12.1. The molecule has 0 saturated carbocycles. The first-order chi connectivity index (χ1) is 13.6. The van der Waals surface area contributed by atoms with E-state index in [4.69, 9.17) is 5.11 Å². The normalized spacial score (nSPS) is 10.9. The minimum atomic E-state index is -0.998. The summed E-state index contributed by atoms with van der Waals surface area (Å²) >= 11 is 0. The number of anilines is 1. The van der Waals surface area contributed by atoms with Gasteiger partial charge in [0.15, 0.2) is 0 Å². The van der Waals surface area contributed by atoms with Crippen molar-refractivity contribution in [1.82, 2.24) is 9.88 Å². The van der Waals surface area contributed by atoms with Gasteiger partial charge in [0, 0.05) is 40.6 Å². The summed E-state index contributed by atoms with van der Waals surface area (Å²) in [5.41, 5.74) is 2.99. The molecule has 0 aliphatic carbocycles. The highest BCUT2D eigenvalue weighted by Gasteiger charge is 2.10. The van der Waals surface area contributed by atoms with Crippen molar-refractivity contribution in [2.75, 3.05) is 11.9 Å². The lowest BCUT2D eigenvalue weighted by Gasteiger charge is -2.10. The van der Waals surface area contributed by atoms with Crippen LogP contribution in [0.25, 0.3) is 21.8 Å². The molecule has 2 amide bonds. The predicted octanol–water partition coefficient (Wildman–Crippen LogP) is 4.31. The standard InChI is InChI=1S/C22H19N3O3/c26-21(27)15-9-11-16(12-10-15)24-22(28)23-13-14-25-19-7-3-1-5-17(19)18-6-2-4-8-20(18)25/h1-12H,13-14H2,(H,26,27)(H2,23,24,28). The third kappa shape index (κ3) is 3.40. The van der Waals surface area contributed by atoms with Crippen molar-refractivity contribution >= 4 is 39.5 Å². The number of carboxylic acids is 1. The van der Waals surface area contributed by atoms with Crippen LogP contribution in [0.4, 0.5) is 10.5 Å². The summed E-state index contributed by atoms with van der Waals surface area (Å²) < 4.78 is 2.20. The van der Waals surface area contributed by atoms with Crippen molar-refractivity contribution in [3.8, 4) is 0 Å². The predicted molar refractivity (Wildman–Crippen MR) is 110 cm³/mol. The van der Waals surface area contributed by atoms with Crippen LogP contribution in [0.3, 0.4) is 0 Å². The number of nitrogens with one attached hydrogen (secondary N) is 2. The number of amides is 2. The molecule has 1 aromatic heterocycles. The molecule has 6 nitrogen and oxygen atoms in total. The summed E-state index contributed by atoms with van der Waals surface area (Å²) in [6.45, 7) is 1.10. The van der Waals surface area contributed by atoms with E-state index in [9.17, 15) is 9.59 Å². The summed E-state index contributed by atoms with van der Waals surface area (Å²) in [6.07, 6.45) is 0. The average molecular weight is 373 g/mol. The smallest absolute Gasteiger partial charge is 0.335 e. The van der Waals surface area contributed by atoms with Crippen molar-refractivity contribution in [2.45, 2.75) is 6.54 Å². The SMILES string of the molecule is O=C(NCCn1c2ccccc2c2ccccc21)Nc1ccc(C(=O)O)cc1. The van der Waals surface area contributed by atoms with Crippen LogP contribution in [0.1, 0.15) is 10.4 Å². The molecule has 3 aromatic carbocycles. The molecule has 0 atom stereocenters. The van der Waals surface area contributed by atoms with Gasteiger partial charge >= 0.3 is 12.0 Å². The van der Waals surface area contributed by atoms with Gasteiger partial charge in [0.1, 0.15) is 0 Å². The van der Waals surface area contributed by atoms with Gasteiger partial charge in [-0.2, -0.15) is 0 Å². The van der Waals surface area contributed by atoms with Crippen LogP contribution in [0.5, 0.6) is 0 Å². The van der Waals surface area contributed by atoms with Crippen molar-refractivity contribution in [3.05, 3.63) is 78.4 Å². The van der Waals surface area contributed by atoms with Crippen LogP contribution in [0.15, 0.2) is 72.8 Å². The van der Waals surface area contributed by atoms with E-state index >= 15 is 0 Å². The Morgan fingerprint density at radius 1 is 0.821 bits per heavy atom. The van der Waals surface area contributed by atoms with Crippen molar-refractivity contribution < 1.29 is 14.7 Å². The van der Waals surface area contributed by atoms with Crippen LogP contribution >= 0.6 is 0 Å². The van der Waals surface area contributed by atoms with Gasteiger partial charge in [-0.05, 0) is 36.4 Å². The number of aromatic nitrogens is 1. The van der Waals surface area contributed by atoms with E-state index < -0.39 is 5.97 Å². The van der Waals surface area contributed by atoms with Gasteiger partial charge in [0.2, 0.25) is 0 Å². The summed E-state index contributed by atoms with van der Waals surface area (Å²) in [5, 5.41) is 16.9. The Kier molecular flexibility index (Phi) is 4.68. The van der Waals surface area contributed by atoms with E-state index in [1.54, 1.807) is 12.1 Å². The molecule has 0 aliphatic rings. The Labute approximate surface area is 161 Å². The van der Waals surface area contributed by atoms with Crippen molar-refractivity contribution in [1.29, 1.82) is 0 Å². The van der Waals surface area contributed by atoms with Crippen LogP contribution in [-0.2, 0) is 6.54 Å². The molecule has 28 heavy (non-hydrogen) atoms. The number of hydrogen-bond donors (Lipinski definition) is 3. The molecular formula is C22H19N3O3. The fraction of sp³-hybridized carbons (Fsp3) is 0.0909. The Morgan fingerprint density at radius 3 is 1.96 bits per heavy atom. The number of benzene rings is 3. The number of hydrogen-bond acceptors (Lipinski definition) is 2. The zero-order valence-electron chi connectivity index (χ0n) is 15.1. The maximum absolute atomic E-state index is 12.1. The number of fused-ring (bicyclic) bond motifs is 3. The van der Waals surface area contributed by atoms with Crippen LogP contribution < -0.4 is 10.6 Å². The van der Waals surface area contributed by atoms with E-state index in [0.29, 0.717) is 18.8 Å². The second-order valence-electron chi connectivity index (χ2n) is 6.45. The Bertz CT molecular complexity index is 1110. The average Bonchev–Trinajstić information content (AvgIpc) is 3.03. The van der Waals surface area contributed by atoms with E-state index in [0.717, 1.165) is 11.0 Å². The number of aromatic carboxylic acids is 1. The van der Waals surface area contributed by atoms with Crippen LogP contribution in [-0.4, -0.2) is 28.2 Å². The first-order valence-corrected chi connectivity index (χ1v) is 8.97. The van der Waals surface area contributed by atoms with E-state index in [1.165, 1.54) is 22.9 Å². The number of carbonyl (C=O) groups is 2. The van der Waals surface area contributed by atoms with Gasteiger partial charge in [-0.15, -0.1) is 0 Å². The topological polar surface area (TPSA) is 83.4 Å². The van der Waals surface area contributed by atoms with Crippen molar-refractivity contribution in [2.24, 2.45) is 0 Å². The van der Waals surface area contributed by atoms with Gasteiger partial charge in [0.05, 0.1) is 5.56 Å². The second kappa shape index (κ2) is 7.44. The Morgan fingerprint density at radius 2 is 1.39 bits per heavy atom. The molecule has 1 heterocycles. The molecule has 0 saturated heterocycles. The zero-order chi connectivity index (χ0) is 19.5. The first kappa shape index (κ1) is 17.6. The fourth-order valence-corrected chi connectivity index (χ4v) is 3.40. The molecule has 0 aliphatic heterocycles. The number of rotatable bonds is 5. The number of urea groups is 1. The number of nitrogens with zero attached hydrogens (tertiary/aromatic N) is 1. The quantitative estimate of drug-likeness (QED) is 0.487. The van der Waals surface area contributed by atoms with E-state index in [-0.39, 0.29) is 11.6 Å². The minimum absolute atomic E-state index is 0.178. The maximum Gasteiger partial charge on any atom is 0.335 e. The molecule has 6 heteroatoms.